The summed E-state index contributed by atoms with van der Waals surface area (Å²) in [5.41, 5.74) is 2.96. The maximum atomic E-state index is 12.6. The van der Waals surface area contributed by atoms with Gasteiger partial charge >= 0.3 is 5.97 Å². The molecule has 0 aromatic heterocycles. The molecule has 0 bridgehead atoms. The third-order valence-corrected chi connectivity index (χ3v) is 5.36. The standard InChI is InChI=1S/C23H29N3O4/c1-4-25-10-12-26(13-11-25)21-9-8-18(23(28)29-3)15-20(21)24-22(27)16-30-19-7-5-6-17(2)14-19/h5-9,14-15H,4,10-13,16H2,1-3H3,(H,24,27)/p+1. The molecule has 3 rings (SSSR count). The number of hydrogen-bond acceptors (Lipinski definition) is 5. The third-order valence-electron chi connectivity index (χ3n) is 5.36. The lowest BCUT2D eigenvalue weighted by Gasteiger charge is -2.34. The van der Waals surface area contributed by atoms with Crippen molar-refractivity contribution in [2.24, 2.45) is 0 Å². The predicted octanol–water partition coefficient (Wildman–Crippen LogP) is 1.52. The third kappa shape index (κ3) is 5.51. The molecular formula is C23H30N3O4+. The van der Waals surface area contributed by atoms with Gasteiger partial charge in [-0.05, 0) is 49.7 Å². The fourth-order valence-corrected chi connectivity index (χ4v) is 3.61. The van der Waals surface area contributed by atoms with Crippen LogP contribution < -0.4 is 19.9 Å². The number of amides is 1. The van der Waals surface area contributed by atoms with Crippen LogP contribution in [0.4, 0.5) is 11.4 Å². The molecule has 0 spiro atoms. The second kappa shape index (κ2) is 10.1. The lowest BCUT2D eigenvalue weighted by Crippen LogP contribution is -3.14. The summed E-state index contributed by atoms with van der Waals surface area (Å²) in [6, 6.07) is 12.8. The molecule has 0 atom stereocenters. The number of quaternary nitrogens is 1. The number of esters is 1. The number of aryl methyl sites for hydroxylation is 1. The molecule has 1 aliphatic rings. The van der Waals surface area contributed by atoms with E-state index in [4.69, 9.17) is 9.47 Å². The number of methoxy groups -OCH3 is 1. The maximum absolute atomic E-state index is 12.6. The Morgan fingerprint density at radius 1 is 1.13 bits per heavy atom. The number of benzene rings is 2. The zero-order chi connectivity index (χ0) is 21.5. The van der Waals surface area contributed by atoms with E-state index in [9.17, 15) is 9.59 Å². The highest BCUT2D eigenvalue weighted by Gasteiger charge is 2.22. The molecule has 1 amide bonds. The van der Waals surface area contributed by atoms with E-state index < -0.39 is 5.97 Å². The largest absolute Gasteiger partial charge is 0.484 e. The Morgan fingerprint density at radius 3 is 2.57 bits per heavy atom. The van der Waals surface area contributed by atoms with Gasteiger partial charge in [0.05, 0.1) is 56.8 Å². The molecule has 1 fully saturated rings. The minimum atomic E-state index is -0.437. The van der Waals surface area contributed by atoms with Crippen molar-refractivity contribution in [2.45, 2.75) is 13.8 Å². The number of piperazine rings is 1. The number of anilines is 2. The summed E-state index contributed by atoms with van der Waals surface area (Å²) in [7, 11) is 1.34. The number of carbonyl (C=O) groups is 2. The maximum Gasteiger partial charge on any atom is 0.337 e. The summed E-state index contributed by atoms with van der Waals surface area (Å²) in [4.78, 5) is 28.4. The number of carbonyl (C=O) groups excluding carboxylic acids is 2. The van der Waals surface area contributed by atoms with Gasteiger partial charge in [0.1, 0.15) is 5.75 Å². The summed E-state index contributed by atoms with van der Waals surface area (Å²) < 4.78 is 10.4. The molecule has 0 unspecified atom stereocenters. The highest BCUT2D eigenvalue weighted by molar-refractivity contribution is 5.98. The van der Waals surface area contributed by atoms with Crippen molar-refractivity contribution >= 4 is 23.3 Å². The fourth-order valence-electron chi connectivity index (χ4n) is 3.61. The van der Waals surface area contributed by atoms with Crippen LogP contribution in [-0.2, 0) is 9.53 Å². The highest BCUT2D eigenvalue weighted by atomic mass is 16.5. The number of nitrogens with one attached hydrogen (secondary N) is 2. The monoisotopic (exact) mass is 412 g/mol. The molecule has 1 saturated heterocycles. The molecule has 30 heavy (non-hydrogen) atoms. The Bertz CT molecular complexity index is 892. The van der Waals surface area contributed by atoms with Crippen molar-refractivity contribution in [1.82, 2.24) is 0 Å². The second-order valence-corrected chi connectivity index (χ2v) is 7.47. The summed E-state index contributed by atoms with van der Waals surface area (Å²) in [6.07, 6.45) is 0. The molecule has 1 aliphatic heterocycles. The molecule has 2 aromatic rings. The zero-order valence-electron chi connectivity index (χ0n) is 17.9. The summed E-state index contributed by atoms with van der Waals surface area (Å²) in [5.74, 6) is -0.0711. The Balaban J connectivity index is 1.74. The lowest BCUT2D eigenvalue weighted by atomic mass is 10.1. The SMILES string of the molecule is CC[NH+]1CCN(c2ccc(C(=O)OC)cc2NC(=O)COc2cccc(C)c2)CC1. The summed E-state index contributed by atoms with van der Waals surface area (Å²) in [5, 5.41) is 2.92. The van der Waals surface area contributed by atoms with Crippen molar-refractivity contribution in [2.75, 3.05) is 56.7 Å². The average Bonchev–Trinajstić information content (AvgIpc) is 2.77. The number of hydrogen-bond donors (Lipinski definition) is 2. The van der Waals surface area contributed by atoms with Crippen LogP contribution in [-0.4, -0.2) is 58.3 Å². The van der Waals surface area contributed by atoms with Crippen LogP contribution in [0.25, 0.3) is 0 Å². The van der Waals surface area contributed by atoms with E-state index >= 15 is 0 Å². The van der Waals surface area contributed by atoms with Gasteiger partial charge in [-0.3, -0.25) is 4.79 Å². The zero-order valence-corrected chi connectivity index (χ0v) is 17.9. The van der Waals surface area contributed by atoms with Crippen molar-refractivity contribution < 1.29 is 24.0 Å². The molecular weight excluding hydrogens is 382 g/mol. The van der Waals surface area contributed by atoms with E-state index in [2.05, 4.69) is 17.1 Å². The van der Waals surface area contributed by atoms with Gasteiger partial charge in [0, 0.05) is 0 Å². The van der Waals surface area contributed by atoms with Gasteiger partial charge in [0.15, 0.2) is 6.61 Å². The minimum Gasteiger partial charge on any atom is -0.484 e. The van der Waals surface area contributed by atoms with E-state index in [1.54, 1.807) is 17.0 Å². The van der Waals surface area contributed by atoms with Crippen LogP contribution in [0.15, 0.2) is 42.5 Å². The van der Waals surface area contributed by atoms with Crippen LogP contribution in [0, 0.1) is 6.92 Å². The van der Waals surface area contributed by atoms with Gasteiger partial charge in [0.2, 0.25) is 0 Å². The molecule has 2 aromatic carbocycles. The van der Waals surface area contributed by atoms with Gasteiger partial charge in [-0.15, -0.1) is 0 Å². The first kappa shape index (κ1) is 21.6. The molecule has 7 nitrogen and oxygen atoms in total. The van der Waals surface area contributed by atoms with Crippen LogP contribution in [0.1, 0.15) is 22.8 Å². The second-order valence-electron chi connectivity index (χ2n) is 7.47. The molecule has 7 heteroatoms. The molecule has 0 saturated carbocycles. The first-order chi connectivity index (χ1) is 14.5. The molecule has 0 radical (unpaired) electrons. The summed E-state index contributed by atoms with van der Waals surface area (Å²) >= 11 is 0. The Kier molecular flexibility index (Phi) is 7.30. The van der Waals surface area contributed by atoms with Crippen LogP contribution >= 0.6 is 0 Å². The Hall–Kier alpha value is -3.06. The predicted molar refractivity (Wildman–Crippen MR) is 117 cm³/mol. The summed E-state index contributed by atoms with van der Waals surface area (Å²) in [6.45, 7) is 9.02. The quantitative estimate of drug-likeness (QED) is 0.675. The fraction of sp³-hybridized carbons (Fsp3) is 0.391. The molecule has 2 N–H and O–H groups in total. The van der Waals surface area contributed by atoms with Crippen molar-refractivity contribution in [3.8, 4) is 5.75 Å². The number of ether oxygens (including phenoxy) is 2. The van der Waals surface area contributed by atoms with Gasteiger partial charge in [0.25, 0.3) is 5.91 Å². The number of nitrogens with zero attached hydrogens (tertiary/aromatic N) is 1. The van der Waals surface area contributed by atoms with Gasteiger partial charge < -0.3 is 24.6 Å². The van der Waals surface area contributed by atoms with Crippen LogP contribution in [0.2, 0.25) is 0 Å². The smallest absolute Gasteiger partial charge is 0.337 e. The average molecular weight is 413 g/mol. The van der Waals surface area contributed by atoms with Gasteiger partial charge in [-0.25, -0.2) is 4.79 Å². The van der Waals surface area contributed by atoms with Crippen LogP contribution in [0.5, 0.6) is 5.75 Å². The van der Waals surface area contributed by atoms with Crippen molar-refractivity contribution in [1.29, 1.82) is 0 Å². The van der Waals surface area contributed by atoms with Crippen molar-refractivity contribution in [3.05, 3.63) is 53.6 Å². The molecule has 160 valence electrons. The normalized spacial score (nSPS) is 14.3. The Labute approximate surface area is 177 Å². The van der Waals surface area contributed by atoms with Crippen LogP contribution in [0.3, 0.4) is 0 Å². The topological polar surface area (TPSA) is 72.3 Å². The Morgan fingerprint density at radius 2 is 1.90 bits per heavy atom. The molecule has 0 aliphatic carbocycles. The van der Waals surface area contributed by atoms with E-state index in [1.807, 2.05) is 37.3 Å². The van der Waals surface area contributed by atoms with E-state index in [1.165, 1.54) is 7.11 Å². The first-order valence-corrected chi connectivity index (χ1v) is 10.3. The lowest BCUT2D eigenvalue weighted by molar-refractivity contribution is -0.898. The van der Waals surface area contributed by atoms with Crippen molar-refractivity contribution in [3.63, 3.8) is 0 Å². The molecule has 1 heterocycles. The van der Waals surface area contributed by atoms with E-state index in [0.29, 0.717) is 17.0 Å². The minimum absolute atomic E-state index is 0.112. The van der Waals surface area contributed by atoms with Gasteiger partial charge in [-0.2, -0.15) is 0 Å². The number of rotatable bonds is 7. The van der Waals surface area contributed by atoms with E-state index in [-0.39, 0.29) is 12.5 Å². The highest BCUT2D eigenvalue weighted by Crippen LogP contribution is 2.28. The first-order valence-electron chi connectivity index (χ1n) is 10.3. The van der Waals surface area contributed by atoms with E-state index in [0.717, 1.165) is 44.0 Å². The van der Waals surface area contributed by atoms with Gasteiger partial charge in [-0.1, -0.05) is 12.1 Å². The number of likely N-dealkylation sites (N-methyl/N-ethyl adjacent to an activating group) is 1.